The molecule has 1 aliphatic heterocycles. The Balaban J connectivity index is 2.11. The molecule has 86 valence electrons. The summed E-state index contributed by atoms with van der Waals surface area (Å²) in [5.41, 5.74) is 0.537. The summed E-state index contributed by atoms with van der Waals surface area (Å²) in [5, 5.41) is 0. The molecule has 0 bridgehead atoms. The highest BCUT2D eigenvalue weighted by Crippen LogP contribution is 2.34. The first-order valence-electron chi connectivity index (χ1n) is 5.56. The average Bonchev–Trinajstić information content (AvgIpc) is 2.15. The number of hydrogen-bond donors (Lipinski definition) is 0. The molecule has 0 aromatic rings. The van der Waals surface area contributed by atoms with Gasteiger partial charge >= 0.3 is 5.97 Å². The van der Waals surface area contributed by atoms with Crippen LogP contribution in [0.15, 0.2) is 12.2 Å². The zero-order valence-corrected chi connectivity index (χ0v) is 9.67. The quantitative estimate of drug-likeness (QED) is 0.385. The number of carbonyl (C=O) groups excluding carboxylic acids is 1. The van der Waals surface area contributed by atoms with Gasteiger partial charge in [0.05, 0.1) is 18.8 Å². The first kappa shape index (κ1) is 12.2. The smallest absolute Gasteiger partial charge is 0.333 e. The summed E-state index contributed by atoms with van der Waals surface area (Å²) in [6.45, 7) is 8.67. The van der Waals surface area contributed by atoms with Crippen LogP contribution in [0.1, 0.15) is 39.5 Å². The molecule has 1 fully saturated rings. The molecule has 1 rings (SSSR count). The third-order valence-electron chi connectivity index (χ3n) is 2.97. The van der Waals surface area contributed by atoms with Gasteiger partial charge in [0.1, 0.15) is 0 Å². The van der Waals surface area contributed by atoms with E-state index in [1.165, 1.54) is 0 Å². The molecular formula is C12H20O3. The summed E-state index contributed by atoms with van der Waals surface area (Å²) < 4.78 is 10.6. The Labute approximate surface area is 91.4 Å². The molecule has 0 radical (unpaired) electrons. The second-order valence-corrected chi connectivity index (χ2v) is 4.15. The van der Waals surface area contributed by atoms with Gasteiger partial charge in [-0.2, -0.15) is 0 Å². The van der Waals surface area contributed by atoms with Crippen LogP contribution in [0.2, 0.25) is 0 Å². The normalized spacial score (nSPS) is 24.4. The molecule has 0 saturated carbocycles. The lowest BCUT2D eigenvalue weighted by molar-refractivity contribution is -0.157. The van der Waals surface area contributed by atoms with E-state index in [1.807, 2.05) is 0 Å². The van der Waals surface area contributed by atoms with Crippen molar-refractivity contribution in [3.63, 3.8) is 0 Å². The minimum atomic E-state index is -0.296. The number of esters is 1. The lowest BCUT2D eigenvalue weighted by atomic mass is 9.87. The van der Waals surface area contributed by atoms with Gasteiger partial charge in [-0.3, -0.25) is 0 Å². The largest absolute Gasteiger partial charge is 0.462 e. The fraction of sp³-hybridized carbons (Fsp3) is 0.750. The molecule has 0 aliphatic carbocycles. The minimum absolute atomic E-state index is 0.0790. The van der Waals surface area contributed by atoms with Crippen molar-refractivity contribution in [2.24, 2.45) is 0 Å². The third-order valence-corrected chi connectivity index (χ3v) is 2.97. The Morgan fingerprint density at radius 1 is 1.60 bits per heavy atom. The van der Waals surface area contributed by atoms with Crippen LogP contribution in [0.25, 0.3) is 0 Å². The maximum Gasteiger partial charge on any atom is 0.333 e. The molecule has 0 aromatic carbocycles. The van der Waals surface area contributed by atoms with Crippen LogP contribution in [-0.2, 0) is 14.3 Å². The van der Waals surface area contributed by atoms with Crippen LogP contribution in [0, 0.1) is 0 Å². The van der Waals surface area contributed by atoms with Crippen molar-refractivity contribution >= 4 is 5.97 Å². The van der Waals surface area contributed by atoms with Crippen molar-refractivity contribution in [3.8, 4) is 0 Å². The van der Waals surface area contributed by atoms with Crippen molar-refractivity contribution < 1.29 is 14.3 Å². The summed E-state index contributed by atoms with van der Waals surface area (Å²) in [7, 11) is 0. The Morgan fingerprint density at radius 3 is 2.67 bits per heavy atom. The van der Waals surface area contributed by atoms with E-state index in [1.54, 1.807) is 6.92 Å². The molecule has 0 N–H and O–H groups in total. The summed E-state index contributed by atoms with van der Waals surface area (Å²) in [5.74, 6) is -0.296. The van der Waals surface area contributed by atoms with Gasteiger partial charge < -0.3 is 9.47 Å². The van der Waals surface area contributed by atoms with E-state index < -0.39 is 0 Å². The molecule has 1 saturated heterocycles. The van der Waals surface area contributed by atoms with Gasteiger partial charge in [0.25, 0.3) is 0 Å². The fourth-order valence-electron chi connectivity index (χ4n) is 1.73. The first-order chi connectivity index (χ1) is 7.09. The lowest BCUT2D eigenvalue weighted by Gasteiger charge is -2.41. The monoisotopic (exact) mass is 212 g/mol. The van der Waals surface area contributed by atoms with E-state index in [0.717, 1.165) is 32.3 Å². The van der Waals surface area contributed by atoms with E-state index in [0.29, 0.717) is 12.2 Å². The molecule has 1 unspecified atom stereocenters. The Kier molecular flexibility index (Phi) is 4.33. The third kappa shape index (κ3) is 3.34. The van der Waals surface area contributed by atoms with Crippen LogP contribution in [-0.4, -0.2) is 24.8 Å². The van der Waals surface area contributed by atoms with Gasteiger partial charge in [-0.15, -0.1) is 0 Å². The van der Waals surface area contributed by atoms with Crippen LogP contribution < -0.4 is 0 Å². The first-order valence-corrected chi connectivity index (χ1v) is 5.56. The molecule has 0 aromatic heterocycles. The van der Waals surface area contributed by atoms with Gasteiger partial charge in [0.15, 0.2) is 0 Å². The predicted molar refractivity (Wildman–Crippen MR) is 58.6 cm³/mol. The summed E-state index contributed by atoms with van der Waals surface area (Å²) in [4.78, 5) is 11.1. The second kappa shape index (κ2) is 5.31. The van der Waals surface area contributed by atoms with Gasteiger partial charge in [0, 0.05) is 5.57 Å². The molecular weight excluding hydrogens is 192 g/mol. The van der Waals surface area contributed by atoms with Crippen molar-refractivity contribution in [1.29, 1.82) is 0 Å². The van der Waals surface area contributed by atoms with Crippen molar-refractivity contribution in [3.05, 3.63) is 12.2 Å². The molecule has 1 atom stereocenters. The van der Waals surface area contributed by atoms with E-state index >= 15 is 0 Å². The number of ether oxygens (including phenoxy) is 2. The maximum absolute atomic E-state index is 11.1. The Bertz CT molecular complexity index is 236. The van der Waals surface area contributed by atoms with E-state index in [-0.39, 0.29) is 11.6 Å². The zero-order valence-electron chi connectivity index (χ0n) is 9.67. The molecule has 15 heavy (non-hydrogen) atoms. The van der Waals surface area contributed by atoms with Gasteiger partial charge in [0.2, 0.25) is 0 Å². The van der Waals surface area contributed by atoms with Gasteiger partial charge in [-0.25, -0.2) is 4.79 Å². The van der Waals surface area contributed by atoms with Crippen LogP contribution in [0.4, 0.5) is 0 Å². The topological polar surface area (TPSA) is 35.5 Å². The highest BCUT2D eigenvalue weighted by atomic mass is 16.5. The van der Waals surface area contributed by atoms with Crippen molar-refractivity contribution in [2.75, 3.05) is 13.2 Å². The Hall–Kier alpha value is -0.830. The summed E-state index contributed by atoms with van der Waals surface area (Å²) in [6, 6.07) is 0. The molecule has 3 heteroatoms. The number of carbonyl (C=O) groups is 1. The van der Waals surface area contributed by atoms with Crippen LogP contribution in [0.3, 0.4) is 0 Å². The molecule has 1 heterocycles. The SMILES string of the molecule is C=C(C)C(=O)OCCCC1(CC)CCO1. The summed E-state index contributed by atoms with van der Waals surface area (Å²) in [6.07, 6.45) is 4.03. The average molecular weight is 212 g/mol. The fourth-order valence-corrected chi connectivity index (χ4v) is 1.73. The van der Waals surface area contributed by atoms with Crippen LogP contribution in [0.5, 0.6) is 0 Å². The van der Waals surface area contributed by atoms with Crippen molar-refractivity contribution in [1.82, 2.24) is 0 Å². The minimum Gasteiger partial charge on any atom is -0.462 e. The number of rotatable bonds is 6. The zero-order chi connectivity index (χ0) is 11.3. The van der Waals surface area contributed by atoms with E-state index in [4.69, 9.17) is 9.47 Å². The molecule has 3 nitrogen and oxygen atoms in total. The van der Waals surface area contributed by atoms with Crippen molar-refractivity contribution in [2.45, 2.75) is 45.1 Å². The van der Waals surface area contributed by atoms with E-state index in [9.17, 15) is 4.79 Å². The van der Waals surface area contributed by atoms with Gasteiger partial charge in [-0.1, -0.05) is 13.5 Å². The summed E-state index contributed by atoms with van der Waals surface area (Å²) >= 11 is 0. The Morgan fingerprint density at radius 2 is 2.27 bits per heavy atom. The van der Waals surface area contributed by atoms with Gasteiger partial charge in [-0.05, 0) is 32.6 Å². The molecule has 1 aliphatic rings. The highest BCUT2D eigenvalue weighted by molar-refractivity contribution is 5.86. The predicted octanol–water partition coefficient (Wildman–Crippen LogP) is 2.46. The van der Waals surface area contributed by atoms with Crippen LogP contribution >= 0.6 is 0 Å². The second-order valence-electron chi connectivity index (χ2n) is 4.15. The standard InChI is InChI=1S/C12H20O3/c1-4-12(7-9-15-12)6-5-8-14-11(13)10(2)3/h2,4-9H2,1,3H3. The maximum atomic E-state index is 11.1. The number of hydrogen-bond acceptors (Lipinski definition) is 3. The molecule has 0 amide bonds. The lowest BCUT2D eigenvalue weighted by Crippen LogP contribution is -2.43. The highest BCUT2D eigenvalue weighted by Gasteiger charge is 2.35. The molecule has 0 spiro atoms. The van der Waals surface area contributed by atoms with E-state index in [2.05, 4.69) is 13.5 Å².